The van der Waals surface area contributed by atoms with E-state index < -0.39 is 0 Å². The minimum Gasteiger partial charge on any atom is -0.294 e. The van der Waals surface area contributed by atoms with Crippen molar-refractivity contribution in [1.29, 1.82) is 0 Å². The fourth-order valence-electron chi connectivity index (χ4n) is 3.10. The highest BCUT2D eigenvalue weighted by Gasteiger charge is 2.27. The zero-order chi connectivity index (χ0) is 15.6. The Kier molecular flexibility index (Phi) is 2.86. The smallest absolute Gasteiger partial charge is 0.167 e. The summed E-state index contributed by atoms with van der Waals surface area (Å²) in [5.74, 6) is 0.271. The number of hydrogen-bond acceptors (Lipinski definition) is 1. The number of hydrogen-bond donors (Lipinski definition) is 0. The van der Waals surface area contributed by atoms with E-state index in [1.165, 1.54) is 27.5 Å². The van der Waals surface area contributed by atoms with Gasteiger partial charge in [0.25, 0.3) is 0 Å². The average molecular weight is 280 g/mol. The summed E-state index contributed by atoms with van der Waals surface area (Å²) in [5, 5.41) is 2.41. The van der Waals surface area contributed by atoms with Crippen molar-refractivity contribution in [1.82, 2.24) is 0 Å². The molecule has 21 heavy (non-hydrogen) atoms. The molecule has 1 aliphatic rings. The van der Waals surface area contributed by atoms with Crippen LogP contribution in [-0.2, 0) is 17.3 Å². The van der Waals surface area contributed by atoms with Crippen LogP contribution in [0.4, 0.5) is 0 Å². The van der Waals surface area contributed by atoms with Gasteiger partial charge in [0.15, 0.2) is 5.78 Å². The van der Waals surface area contributed by atoms with Gasteiger partial charge >= 0.3 is 0 Å². The van der Waals surface area contributed by atoms with Crippen molar-refractivity contribution in [2.45, 2.75) is 58.8 Å². The van der Waals surface area contributed by atoms with Crippen LogP contribution in [0.2, 0.25) is 0 Å². The molecule has 1 aliphatic carbocycles. The minimum atomic E-state index is 0.0610. The van der Waals surface area contributed by atoms with Gasteiger partial charge in [-0.1, -0.05) is 59.7 Å². The summed E-state index contributed by atoms with van der Waals surface area (Å²) in [6, 6.07) is 8.89. The van der Waals surface area contributed by atoms with E-state index in [9.17, 15) is 4.79 Å². The summed E-state index contributed by atoms with van der Waals surface area (Å²) in [4.78, 5) is 12.4. The van der Waals surface area contributed by atoms with Crippen molar-refractivity contribution in [3.05, 3.63) is 46.5 Å². The summed E-state index contributed by atoms with van der Waals surface area (Å²) in [6.07, 6.45) is 0.559. The van der Waals surface area contributed by atoms with Crippen LogP contribution in [0.5, 0.6) is 0 Å². The molecule has 0 atom stereocenters. The molecule has 3 rings (SSSR count). The monoisotopic (exact) mass is 280 g/mol. The Morgan fingerprint density at radius 2 is 1.33 bits per heavy atom. The molecule has 2 aromatic rings. The maximum absolute atomic E-state index is 12.4. The van der Waals surface area contributed by atoms with E-state index in [4.69, 9.17) is 0 Å². The van der Waals surface area contributed by atoms with Crippen LogP contribution < -0.4 is 0 Å². The van der Waals surface area contributed by atoms with E-state index in [0.717, 1.165) is 5.56 Å². The van der Waals surface area contributed by atoms with Gasteiger partial charge in [0.2, 0.25) is 0 Å². The molecular weight excluding hydrogens is 256 g/mol. The van der Waals surface area contributed by atoms with E-state index in [1.807, 2.05) is 0 Å². The SMILES string of the molecule is CC(C)(C)c1cc2c3c(cc(C(C)(C)C)cc3c1)C(=O)C2. The highest BCUT2D eigenvalue weighted by atomic mass is 16.1. The molecule has 2 aromatic carbocycles. The Morgan fingerprint density at radius 1 is 0.810 bits per heavy atom. The normalized spacial score (nSPS) is 15.0. The minimum absolute atomic E-state index is 0.0610. The molecule has 0 saturated carbocycles. The molecule has 0 heterocycles. The second-order valence-electron chi connectivity index (χ2n) is 8.36. The third-order valence-electron chi connectivity index (χ3n) is 4.51. The quantitative estimate of drug-likeness (QED) is 0.650. The second-order valence-corrected chi connectivity index (χ2v) is 8.36. The Hall–Kier alpha value is -1.63. The summed E-state index contributed by atoms with van der Waals surface area (Å²) < 4.78 is 0. The number of Topliss-reactive ketones (excluding diaryl/α,β-unsaturated/α-hetero) is 1. The summed E-state index contributed by atoms with van der Waals surface area (Å²) in [5.41, 5.74) is 4.86. The van der Waals surface area contributed by atoms with Crippen LogP contribution in [0.25, 0.3) is 10.8 Å². The van der Waals surface area contributed by atoms with E-state index in [0.29, 0.717) is 6.42 Å². The molecule has 0 amide bonds. The maximum Gasteiger partial charge on any atom is 0.167 e. The Bertz CT molecular complexity index is 747. The first kappa shape index (κ1) is 14.3. The molecule has 1 nitrogen and oxygen atoms in total. The number of ketones is 1. The standard InChI is InChI=1S/C20H24O/c1-19(2,3)14-7-12-8-15(20(4,5)6)11-16-17(21)10-13(9-14)18(12)16/h7-9,11H,10H2,1-6H3. The molecule has 0 bridgehead atoms. The third-order valence-corrected chi connectivity index (χ3v) is 4.51. The summed E-state index contributed by atoms with van der Waals surface area (Å²) in [7, 11) is 0. The summed E-state index contributed by atoms with van der Waals surface area (Å²) in [6.45, 7) is 13.3. The van der Waals surface area contributed by atoms with Gasteiger partial charge in [-0.3, -0.25) is 4.79 Å². The highest BCUT2D eigenvalue weighted by Crippen LogP contribution is 2.38. The maximum atomic E-state index is 12.4. The first-order valence-corrected chi connectivity index (χ1v) is 7.72. The van der Waals surface area contributed by atoms with Crippen LogP contribution in [0, 0.1) is 0 Å². The second kappa shape index (κ2) is 4.19. The average Bonchev–Trinajstić information content (AvgIpc) is 2.65. The van der Waals surface area contributed by atoms with Crippen LogP contribution in [-0.4, -0.2) is 5.78 Å². The van der Waals surface area contributed by atoms with Gasteiger partial charge in [0.05, 0.1) is 0 Å². The molecule has 0 aromatic heterocycles. The van der Waals surface area contributed by atoms with Gasteiger partial charge in [0, 0.05) is 12.0 Å². The molecule has 0 unspecified atom stereocenters. The lowest BCUT2D eigenvalue weighted by atomic mass is 9.82. The topological polar surface area (TPSA) is 17.1 Å². The lowest BCUT2D eigenvalue weighted by molar-refractivity contribution is 0.0999. The van der Waals surface area contributed by atoms with Gasteiger partial charge < -0.3 is 0 Å². The lowest BCUT2D eigenvalue weighted by Gasteiger charge is -2.23. The molecule has 1 heteroatoms. The van der Waals surface area contributed by atoms with Crippen LogP contribution in [0.15, 0.2) is 24.3 Å². The molecular formula is C20H24O. The Balaban J connectivity index is 2.37. The number of carbonyl (C=O) groups excluding carboxylic acids is 1. The molecule has 0 spiro atoms. The van der Waals surface area contributed by atoms with Gasteiger partial charge in [-0.15, -0.1) is 0 Å². The molecule has 0 N–H and O–H groups in total. The number of carbonyl (C=O) groups is 1. The molecule has 0 radical (unpaired) electrons. The fraction of sp³-hybridized carbons (Fsp3) is 0.450. The van der Waals surface area contributed by atoms with Crippen molar-refractivity contribution >= 4 is 16.6 Å². The summed E-state index contributed by atoms with van der Waals surface area (Å²) >= 11 is 0. The van der Waals surface area contributed by atoms with E-state index in [-0.39, 0.29) is 16.6 Å². The Morgan fingerprint density at radius 3 is 1.86 bits per heavy atom. The van der Waals surface area contributed by atoms with Gasteiger partial charge in [-0.2, -0.15) is 0 Å². The van der Waals surface area contributed by atoms with Gasteiger partial charge in [-0.05, 0) is 44.4 Å². The van der Waals surface area contributed by atoms with Gasteiger partial charge in [-0.25, -0.2) is 0 Å². The molecule has 0 fully saturated rings. The molecule has 0 saturated heterocycles. The van der Waals surface area contributed by atoms with Crippen molar-refractivity contribution in [3.8, 4) is 0 Å². The highest BCUT2D eigenvalue weighted by molar-refractivity contribution is 6.16. The van der Waals surface area contributed by atoms with E-state index in [1.54, 1.807) is 0 Å². The van der Waals surface area contributed by atoms with Crippen molar-refractivity contribution in [2.75, 3.05) is 0 Å². The van der Waals surface area contributed by atoms with E-state index >= 15 is 0 Å². The zero-order valence-corrected chi connectivity index (χ0v) is 13.9. The molecule has 0 aliphatic heterocycles. The first-order valence-electron chi connectivity index (χ1n) is 7.72. The predicted octanol–water partition coefficient (Wildman–Crippen LogP) is 5.17. The fourth-order valence-corrected chi connectivity index (χ4v) is 3.10. The molecule has 110 valence electrons. The predicted molar refractivity (Wildman–Crippen MR) is 89.4 cm³/mol. The van der Waals surface area contributed by atoms with Crippen LogP contribution in [0.1, 0.15) is 68.6 Å². The van der Waals surface area contributed by atoms with Crippen LogP contribution in [0.3, 0.4) is 0 Å². The van der Waals surface area contributed by atoms with Gasteiger partial charge in [0.1, 0.15) is 0 Å². The zero-order valence-electron chi connectivity index (χ0n) is 13.9. The third kappa shape index (κ3) is 2.29. The lowest BCUT2D eigenvalue weighted by Crippen LogP contribution is -2.13. The first-order chi connectivity index (χ1) is 9.57. The number of benzene rings is 2. The largest absolute Gasteiger partial charge is 0.294 e. The van der Waals surface area contributed by atoms with Crippen molar-refractivity contribution < 1.29 is 4.79 Å². The van der Waals surface area contributed by atoms with Crippen molar-refractivity contribution in [2.24, 2.45) is 0 Å². The number of rotatable bonds is 0. The van der Waals surface area contributed by atoms with Crippen LogP contribution >= 0.6 is 0 Å². The van der Waals surface area contributed by atoms with Crippen molar-refractivity contribution in [3.63, 3.8) is 0 Å². The van der Waals surface area contributed by atoms with E-state index in [2.05, 4.69) is 65.8 Å². The Labute approximate surface area is 127 Å².